The second kappa shape index (κ2) is 9.95. The molecule has 0 bridgehead atoms. The summed E-state index contributed by atoms with van der Waals surface area (Å²) < 4.78 is 50.2. The molecule has 0 heterocycles. The van der Waals surface area contributed by atoms with Crippen LogP contribution in [0.3, 0.4) is 0 Å². The first-order chi connectivity index (χ1) is 13.8. The number of amides is 1. The minimum Gasteiger partial charge on any atom is -0.497 e. The number of carbonyl (C=O) groups is 1. The average Bonchev–Trinajstić information content (AvgIpc) is 2.71. The van der Waals surface area contributed by atoms with Crippen LogP contribution < -0.4 is 14.8 Å². The summed E-state index contributed by atoms with van der Waals surface area (Å²) in [7, 11) is 1.56. The highest BCUT2D eigenvalue weighted by atomic mass is 19.4. The van der Waals surface area contributed by atoms with Crippen molar-refractivity contribution in [2.75, 3.05) is 7.11 Å². The number of halogens is 3. The molecule has 0 aliphatic carbocycles. The predicted molar refractivity (Wildman–Crippen MR) is 103 cm³/mol. The predicted octanol–water partition coefficient (Wildman–Crippen LogP) is 4.58. The molecular formula is C21H23F3N2O3. The van der Waals surface area contributed by atoms with Gasteiger partial charge in [0.05, 0.1) is 12.7 Å². The maximum absolute atomic E-state index is 13.2. The number of ether oxygens (including phenoxy) is 2. The second-order valence-electron chi connectivity index (χ2n) is 6.35. The third-order valence-electron chi connectivity index (χ3n) is 4.23. The maximum atomic E-state index is 13.2. The van der Waals surface area contributed by atoms with E-state index in [1.54, 1.807) is 31.4 Å². The van der Waals surface area contributed by atoms with Gasteiger partial charge in [0.1, 0.15) is 11.5 Å². The second-order valence-corrected chi connectivity index (χ2v) is 6.35. The summed E-state index contributed by atoms with van der Waals surface area (Å²) in [5, 5.41) is 9.88. The van der Waals surface area contributed by atoms with E-state index in [1.165, 1.54) is 6.07 Å². The van der Waals surface area contributed by atoms with Crippen molar-refractivity contribution in [2.45, 2.75) is 38.6 Å². The molecule has 5 nitrogen and oxygen atoms in total. The van der Waals surface area contributed by atoms with Crippen LogP contribution in [0.4, 0.5) is 13.2 Å². The van der Waals surface area contributed by atoms with Crippen LogP contribution in [-0.4, -0.2) is 25.3 Å². The molecule has 1 unspecified atom stereocenters. The van der Waals surface area contributed by atoms with E-state index in [4.69, 9.17) is 14.9 Å². The first kappa shape index (κ1) is 22.3. The number of nitrogens with one attached hydrogen (secondary N) is 2. The topological polar surface area (TPSA) is 71.4 Å². The molecule has 0 aliphatic rings. The van der Waals surface area contributed by atoms with Gasteiger partial charge < -0.3 is 20.2 Å². The summed E-state index contributed by atoms with van der Waals surface area (Å²) in [6.45, 7) is 2.11. The quantitative estimate of drug-likeness (QED) is 0.597. The molecule has 2 rings (SSSR count). The van der Waals surface area contributed by atoms with Crippen LogP contribution in [0.5, 0.6) is 11.5 Å². The molecule has 2 N–H and O–H groups in total. The van der Waals surface area contributed by atoms with Crippen LogP contribution in [-0.2, 0) is 17.5 Å². The average molecular weight is 408 g/mol. The Morgan fingerprint density at radius 3 is 2.38 bits per heavy atom. The molecular weight excluding hydrogens is 385 g/mol. The Hall–Kier alpha value is -3.03. The van der Waals surface area contributed by atoms with E-state index in [0.29, 0.717) is 24.8 Å². The number of hydrogen-bond donors (Lipinski definition) is 2. The number of carbonyl (C=O) groups excluding carboxylic acids is 1. The summed E-state index contributed by atoms with van der Waals surface area (Å²) >= 11 is 0. The smallest absolute Gasteiger partial charge is 0.417 e. The summed E-state index contributed by atoms with van der Waals surface area (Å²) in [5.74, 6) is 0.217. The van der Waals surface area contributed by atoms with Gasteiger partial charge in [0, 0.05) is 18.3 Å². The zero-order chi connectivity index (χ0) is 21.4. The van der Waals surface area contributed by atoms with Crippen molar-refractivity contribution in [2.24, 2.45) is 0 Å². The molecule has 156 valence electrons. The monoisotopic (exact) mass is 408 g/mol. The molecule has 0 aromatic heterocycles. The van der Waals surface area contributed by atoms with E-state index in [2.05, 4.69) is 5.32 Å². The Bertz CT molecular complexity index is 836. The lowest BCUT2D eigenvalue weighted by Gasteiger charge is -2.20. The zero-order valence-electron chi connectivity index (χ0n) is 16.2. The number of methoxy groups -OCH3 is 1. The fourth-order valence-corrected chi connectivity index (χ4v) is 2.70. The fourth-order valence-electron chi connectivity index (χ4n) is 2.70. The highest BCUT2D eigenvalue weighted by molar-refractivity contribution is 5.82. The molecule has 2 aromatic carbocycles. The molecule has 1 amide bonds. The van der Waals surface area contributed by atoms with Gasteiger partial charge in [0.25, 0.3) is 5.91 Å². The van der Waals surface area contributed by atoms with Crippen molar-refractivity contribution in [3.8, 4) is 11.5 Å². The van der Waals surface area contributed by atoms with Gasteiger partial charge in [-0.05, 0) is 42.3 Å². The van der Waals surface area contributed by atoms with E-state index in [1.807, 2.05) is 6.92 Å². The lowest BCUT2D eigenvalue weighted by Crippen LogP contribution is -2.38. The minimum absolute atomic E-state index is 0.0685. The summed E-state index contributed by atoms with van der Waals surface area (Å²) in [4.78, 5) is 12.5. The van der Waals surface area contributed by atoms with Crippen molar-refractivity contribution in [1.82, 2.24) is 5.32 Å². The Balaban J connectivity index is 2.10. The van der Waals surface area contributed by atoms with Crippen molar-refractivity contribution < 1.29 is 27.4 Å². The highest BCUT2D eigenvalue weighted by Crippen LogP contribution is 2.34. The lowest BCUT2D eigenvalue weighted by atomic mass is 10.1. The van der Waals surface area contributed by atoms with Crippen LogP contribution >= 0.6 is 0 Å². The third kappa shape index (κ3) is 6.23. The van der Waals surface area contributed by atoms with E-state index in [-0.39, 0.29) is 17.9 Å². The molecule has 8 heteroatoms. The fraction of sp³-hybridized carbons (Fsp3) is 0.333. The summed E-state index contributed by atoms with van der Waals surface area (Å²) in [5.41, 5.74) is -0.385. The first-order valence-electron chi connectivity index (χ1n) is 9.07. The molecule has 0 fully saturated rings. The van der Waals surface area contributed by atoms with Crippen LogP contribution in [0.2, 0.25) is 0 Å². The molecule has 0 saturated carbocycles. The third-order valence-corrected chi connectivity index (χ3v) is 4.23. The van der Waals surface area contributed by atoms with E-state index in [0.717, 1.165) is 17.7 Å². The van der Waals surface area contributed by atoms with E-state index in [9.17, 15) is 18.0 Å². The number of benzene rings is 2. The number of alkyl halides is 3. The molecule has 29 heavy (non-hydrogen) atoms. The van der Waals surface area contributed by atoms with Gasteiger partial charge in [-0.1, -0.05) is 25.5 Å². The first-order valence-corrected chi connectivity index (χ1v) is 9.07. The SMILES string of the molecule is CCCC(Oc1ccc(C=N)c(C(F)(F)F)c1)C(=O)NCc1ccc(OC)cc1. The van der Waals surface area contributed by atoms with Gasteiger partial charge in [-0.3, -0.25) is 4.79 Å². The maximum Gasteiger partial charge on any atom is 0.417 e. The Morgan fingerprint density at radius 2 is 1.83 bits per heavy atom. The van der Waals surface area contributed by atoms with Gasteiger partial charge in [-0.2, -0.15) is 13.2 Å². The lowest BCUT2D eigenvalue weighted by molar-refractivity contribution is -0.137. The number of hydrogen-bond acceptors (Lipinski definition) is 4. The Morgan fingerprint density at radius 1 is 1.17 bits per heavy atom. The standard InChI is InChI=1S/C21H23F3N2O3/c1-3-4-19(20(27)26-13-14-5-8-16(28-2)9-6-14)29-17-10-7-15(12-25)18(11-17)21(22,23)24/h5-12,19,25H,3-4,13H2,1-2H3,(H,26,27). The molecule has 2 aromatic rings. The van der Waals surface area contributed by atoms with Gasteiger partial charge in [0.2, 0.25) is 0 Å². The van der Waals surface area contributed by atoms with Crippen LogP contribution in [0, 0.1) is 5.41 Å². The number of rotatable bonds is 9. The van der Waals surface area contributed by atoms with Gasteiger partial charge in [0.15, 0.2) is 6.10 Å². The Kier molecular flexibility index (Phi) is 7.64. The summed E-state index contributed by atoms with van der Waals surface area (Å²) in [6.07, 6.45) is -3.95. The zero-order valence-corrected chi connectivity index (χ0v) is 16.2. The van der Waals surface area contributed by atoms with Crippen molar-refractivity contribution in [1.29, 1.82) is 5.41 Å². The summed E-state index contributed by atoms with van der Waals surface area (Å²) in [6, 6.07) is 10.5. The van der Waals surface area contributed by atoms with Crippen LogP contribution in [0.1, 0.15) is 36.5 Å². The largest absolute Gasteiger partial charge is 0.497 e. The van der Waals surface area contributed by atoms with Gasteiger partial charge in [-0.15, -0.1) is 0 Å². The molecule has 0 aliphatic heterocycles. The highest BCUT2D eigenvalue weighted by Gasteiger charge is 2.33. The van der Waals surface area contributed by atoms with Crippen LogP contribution in [0.15, 0.2) is 42.5 Å². The van der Waals surface area contributed by atoms with E-state index < -0.39 is 23.8 Å². The van der Waals surface area contributed by atoms with Crippen molar-refractivity contribution in [3.05, 3.63) is 59.2 Å². The molecule has 0 spiro atoms. The minimum atomic E-state index is -4.62. The molecule has 1 atom stereocenters. The van der Waals surface area contributed by atoms with Gasteiger partial charge in [-0.25, -0.2) is 0 Å². The molecule has 0 radical (unpaired) electrons. The normalized spacial score (nSPS) is 12.2. The van der Waals surface area contributed by atoms with Gasteiger partial charge >= 0.3 is 6.18 Å². The molecule has 0 saturated heterocycles. The Labute approximate surface area is 167 Å². The van der Waals surface area contributed by atoms with Crippen LogP contribution in [0.25, 0.3) is 0 Å². The van der Waals surface area contributed by atoms with Crippen molar-refractivity contribution >= 4 is 12.1 Å². The van der Waals surface area contributed by atoms with Crippen molar-refractivity contribution in [3.63, 3.8) is 0 Å². The van der Waals surface area contributed by atoms with E-state index >= 15 is 0 Å².